The Morgan fingerprint density at radius 3 is 2.46 bits per heavy atom. The van der Waals surface area contributed by atoms with Crippen LogP contribution >= 0.6 is 22.6 Å². The number of nitrogens with one attached hydrogen (secondary N) is 1. The summed E-state index contributed by atoms with van der Waals surface area (Å²) in [6.07, 6.45) is 2.43. The first-order chi connectivity index (χ1) is 17.0. The van der Waals surface area contributed by atoms with Gasteiger partial charge in [-0.05, 0) is 83.5 Å². The Bertz CT molecular complexity index is 1320. The molecule has 0 aliphatic heterocycles. The van der Waals surface area contributed by atoms with E-state index in [0.29, 0.717) is 34.9 Å². The van der Waals surface area contributed by atoms with Crippen LogP contribution in [0.4, 0.5) is 5.69 Å². The SMILES string of the molecule is CCOc1cc(/C=C(\C#N)C(=O)Nc2ccc(CC)cc2)cc(I)c1OCc1ccccc1C#N. The van der Waals surface area contributed by atoms with Gasteiger partial charge in [0.1, 0.15) is 18.2 Å². The molecule has 0 saturated heterocycles. The highest BCUT2D eigenvalue weighted by Gasteiger charge is 2.15. The smallest absolute Gasteiger partial charge is 0.266 e. The fourth-order valence-corrected chi connectivity index (χ4v) is 4.10. The number of hydrogen-bond acceptors (Lipinski definition) is 5. The van der Waals surface area contributed by atoms with E-state index in [1.54, 1.807) is 12.1 Å². The van der Waals surface area contributed by atoms with Gasteiger partial charge >= 0.3 is 0 Å². The standard InChI is InChI=1S/C28H24IN3O3/c1-3-19-9-11-24(12-10-19)32-28(33)23(17-31)13-20-14-25(29)27(26(15-20)34-4-2)35-18-22-8-6-5-7-21(22)16-30/h5-15H,3-4,18H2,1-2H3,(H,32,33)/b23-13+. The van der Waals surface area contributed by atoms with Crippen molar-refractivity contribution < 1.29 is 14.3 Å². The molecule has 0 aliphatic rings. The number of benzene rings is 3. The maximum atomic E-state index is 12.7. The summed E-state index contributed by atoms with van der Waals surface area (Å²) in [4.78, 5) is 12.7. The average Bonchev–Trinajstić information content (AvgIpc) is 2.87. The first-order valence-corrected chi connectivity index (χ1v) is 12.2. The normalized spacial score (nSPS) is 10.7. The monoisotopic (exact) mass is 577 g/mol. The second-order valence-corrected chi connectivity index (χ2v) is 8.66. The Hall–Kier alpha value is -3.82. The van der Waals surface area contributed by atoms with Gasteiger partial charge < -0.3 is 14.8 Å². The van der Waals surface area contributed by atoms with Gasteiger partial charge in [-0.15, -0.1) is 0 Å². The van der Waals surface area contributed by atoms with Gasteiger partial charge in [0.05, 0.1) is 21.8 Å². The largest absolute Gasteiger partial charge is 0.490 e. The van der Waals surface area contributed by atoms with Crippen LogP contribution in [0.25, 0.3) is 6.08 Å². The van der Waals surface area contributed by atoms with Gasteiger partial charge in [-0.2, -0.15) is 10.5 Å². The maximum absolute atomic E-state index is 12.7. The summed E-state index contributed by atoms with van der Waals surface area (Å²) >= 11 is 2.13. The Morgan fingerprint density at radius 2 is 1.80 bits per heavy atom. The summed E-state index contributed by atoms with van der Waals surface area (Å²) in [6.45, 7) is 4.54. The predicted molar refractivity (Wildman–Crippen MR) is 144 cm³/mol. The molecule has 0 heterocycles. The van der Waals surface area contributed by atoms with Crippen molar-refractivity contribution in [1.29, 1.82) is 10.5 Å². The maximum Gasteiger partial charge on any atom is 0.266 e. The third-order valence-corrected chi connectivity index (χ3v) is 5.94. The number of rotatable bonds is 9. The molecule has 6 nitrogen and oxygen atoms in total. The molecule has 0 aromatic heterocycles. The number of aryl methyl sites for hydroxylation is 1. The van der Waals surface area contributed by atoms with Crippen LogP contribution in [0.1, 0.15) is 36.1 Å². The van der Waals surface area contributed by atoms with Crippen LogP contribution in [0.5, 0.6) is 11.5 Å². The zero-order valence-corrected chi connectivity index (χ0v) is 21.6. The molecule has 176 valence electrons. The molecule has 1 N–H and O–H groups in total. The molecular formula is C28H24IN3O3. The van der Waals surface area contributed by atoms with Gasteiger partial charge in [0.25, 0.3) is 5.91 Å². The van der Waals surface area contributed by atoms with Crippen molar-refractivity contribution in [2.24, 2.45) is 0 Å². The highest BCUT2D eigenvalue weighted by Crippen LogP contribution is 2.35. The first-order valence-electron chi connectivity index (χ1n) is 11.1. The molecule has 1 amide bonds. The minimum atomic E-state index is -0.488. The van der Waals surface area contributed by atoms with Crippen LogP contribution < -0.4 is 14.8 Å². The van der Waals surface area contributed by atoms with E-state index in [0.717, 1.165) is 21.1 Å². The molecule has 0 saturated carbocycles. The van der Waals surface area contributed by atoms with Gasteiger partial charge in [0, 0.05) is 11.3 Å². The summed E-state index contributed by atoms with van der Waals surface area (Å²) in [5.41, 5.74) is 3.71. The number of carbonyl (C=O) groups is 1. The number of hydrogen-bond donors (Lipinski definition) is 1. The first kappa shape index (κ1) is 25.8. The zero-order valence-electron chi connectivity index (χ0n) is 19.5. The van der Waals surface area contributed by atoms with Gasteiger partial charge in [-0.3, -0.25) is 4.79 Å². The summed E-state index contributed by atoms with van der Waals surface area (Å²) < 4.78 is 12.6. The van der Waals surface area contributed by atoms with E-state index in [4.69, 9.17) is 9.47 Å². The Kier molecular flexibility index (Phi) is 9.28. The lowest BCUT2D eigenvalue weighted by atomic mass is 10.1. The van der Waals surface area contributed by atoms with Crippen molar-refractivity contribution in [3.8, 4) is 23.6 Å². The van der Waals surface area contributed by atoms with Crippen molar-refractivity contribution in [2.45, 2.75) is 26.9 Å². The number of carbonyl (C=O) groups excluding carboxylic acids is 1. The Balaban J connectivity index is 1.84. The average molecular weight is 577 g/mol. The fraction of sp³-hybridized carbons (Fsp3) is 0.179. The predicted octanol–water partition coefficient (Wildman–Crippen LogP) is 6.25. The van der Waals surface area contributed by atoms with Crippen LogP contribution in [0.15, 0.2) is 66.2 Å². The molecule has 0 spiro atoms. The quantitative estimate of drug-likeness (QED) is 0.184. The molecule has 3 aromatic carbocycles. The van der Waals surface area contributed by atoms with E-state index in [2.05, 4.69) is 40.9 Å². The molecule has 0 atom stereocenters. The van der Waals surface area contributed by atoms with Crippen LogP contribution in [0.3, 0.4) is 0 Å². The molecule has 0 bridgehead atoms. The lowest BCUT2D eigenvalue weighted by Crippen LogP contribution is -2.13. The Labute approximate surface area is 218 Å². The third kappa shape index (κ3) is 6.84. The van der Waals surface area contributed by atoms with Crippen LogP contribution in [-0.4, -0.2) is 12.5 Å². The van der Waals surface area contributed by atoms with E-state index in [9.17, 15) is 15.3 Å². The van der Waals surface area contributed by atoms with Crippen LogP contribution in [0.2, 0.25) is 0 Å². The molecule has 3 aromatic rings. The topological polar surface area (TPSA) is 95.1 Å². The minimum Gasteiger partial charge on any atom is -0.490 e. The lowest BCUT2D eigenvalue weighted by Gasteiger charge is -2.15. The molecule has 7 heteroatoms. The molecule has 0 radical (unpaired) electrons. The lowest BCUT2D eigenvalue weighted by molar-refractivity contribution is -0.112. The minimum absolute atomic E-state index is 0.0283. The summed E-state index contributed by atoms with van der Waals surface area (Å²) in [5.74, 6) is 0.544. The van der Waals surface area contributed by atoms with Gasteiger partial charge in [-0.1, -0.05) is 37.3 Å². The van der Waals surface area contributed by atoms with Crippen molar-refractivity contribution in [3.05, 3.63) is 92.1 Å². The van der Waals surface area contributed by atoms with Crippen LogP contribution in [-0.2, 0) is 17.8 Å². The highest BCUT2D eigenvalue weighted by atomic mass is 127. The fourth-order valence-electron chi connectivity index (χ4n) is 3.32. The van der Waals surface area contributed by atoms with E-state index >= 15 is 0 Å². The van der Waals surface area contributed by atoms with Crippen molar-refractivity contribution in [1.82, 2.24) is 0 Å². The molecule has 0 unspecified atom stereocenters. The summed E-state index contributed by atoms with van der Waals surface area (Å²) in [7, 11) is 0. The van der Waals surface area contributed by atoms with E-state index in [1.807, 2.05) is 61.5 Å². The third-order valence-electron chi connectivity index (χ3n) is 5.14. The number of amides is 1. The van der Waals surface area contributed by atoms with Gasteiger partial charge in [0.2, 0.25) is 0 Å². The molecule has 3 rings (SSSR count). The van der Waals surface area contributed by atoms with E-state index in [-0.39, 0.29) is 12.2 Å². The number of anilines is 1. The van der Waals surface area contributed by atoms with Crippen LogP contribution in [0, 0.1) is 26.2 Å². The van der Waals surface area contributed by atoms with E-state index in [1.165, 1.54) is 6.08 Å². The molecule has 0 aliphatic carbocycles. The molecule has 0 fully saturated rings. The highest BCUT2D eigenvalue weighted by molar-refractivity contribution is 14.1. The van der Waals surface area contributed by atoms with Gasteiger partial charge in [-0.25, -0.2) is 0 Å². The van der Waals surface area contributed by atoms with Gasteiger partial charge in [0.15, 0.2) is 11.5 Å². The van der Waals surface area contributed by atoms with E-state index < -0.39 is 5.91 Å². The second kappa shape index (κ2) is 12.6. The molecular weight excluding hydrogens is 553 g/mol. The Morgan fingerprint density at radius 1 is 1.06 bits per heavy atom. The zero-order chi connectivity index (χ0) is 25.2. The number of halogens is 1. The number of nitriles is 2. The second-order valence-electron chi connectivity index (χ2n) is 7.50. The van der Waals surface area contributed by atoms with Crippen molar-refractivity contribution in [3.63, 3.8) is 0 Å². The summed E-state index contributed by atoms with van der Waals surface area (Å²) in [6, 6.07) is 22.5. The van der Waals surface area contributed by atoms with Crippen molar-refractivity contribution in [2.75, 3.05) is 11.9 Å². The number of nitrogens with zero attached hydrogens (tertiary/aromatic N) is 2. The van der Waals surface area contributed by atoms with Crippen molar-refractivity contribution >= 4 is 40.3 Å². The summed E-state index contributed by atoms with van der Waals surface area (Å²) in [5, 5.41) is 21.7. The number of ether oxygens (including phenoxy) is 2. The molecule has 35 heavy (non-hydrogen) atoms.